The largest absolute Gasteiger partial charge is 0.573 e. The first-order chi connectivity index (χ1) is 15.0. The van der Waals surface area contributed by atoms with E-state index < -0.39 is 28.1 Å². The summed E-state index contributed by atoms with van der Waals surface area (Å²) in [5.41, 5.74) is 6.28. The molecule has 1 aromatic carbocycles. The highest BCUT2D eigenvalue weighted by Crippen LogP contribution is 2.31. The van der Waals surface area contributed by atoms with Gasteiger partial charge in [0.2, 0.25) is 9.84 Å². The van der Waals surface area contributed by atoms with E-state index in [1.807, 2.05) is 6.92 Å². The number of ether oxygens (including phenoxy) is 1. The van der Waals surface area contributed by atoms with E-state index >= 15 is 0 Å². The summed E-state index contributed by atoms with van der Waals surface area (Å²) in [7, 11) is -4.08. The lowest BCUT2D eigenvalue weighted by atomic mass is 10.1. The van der Waals surface area contributed by atoms with Crippen LogP contribution in [-0.2, 0) is 16.3 Å². The molecule has 32 heavy (non-hydrogen) atoms. The number of nitrogens with zero attached hydrogens (tertiary/aromatic N) is 3. The molecular formula is C19H19F3N4O4S2. The molecule has 3 rings (SSSR count). The third-order valence-corrected chi connectivity index (χ3v) is 6.96. The normalized spacial score (nSPS) is 13.2. The number of halogens is 3. The summed E-state index contributed by atoms with van der Waals surface area (Å²) in [6, 6.07) is 5.01. The summed E-state index contributed by atoms with van der Waals surface area (Å²) in [5.74, 6) is -0.541. The Kier molecular flexibility index (Phi) is 7.00. The van der Waals surface area contributed by atoms with Crippen molar-refractivity contribution in [2.45, 2.75) is 48.4 Å². The van der Waals surface area contributed by atoms with Crippen molar-refractivity contribution in [3.8, 4) is 16.5 Å². The lowest BCUT2D eigenvalue weighted by Gasteiger charge is -2.10. The van der Waals surface area contributed by atoms with Crippen LogP contribution in [0.4, 0.5) is 18.9 Å². The standard InChI is InChI=1S/C19H19F3N4O4S2/c1-2-3-11(27)8-16-25-26-18(31-16)17-15(23)9-14(10-24-17)32(28,29)13-6-4-12(5-7-13)30-19(20,21)22/h4-7,9-11,27H,2-3,8,23H2,1H3/t11-/m1/s1. The van der Waals surface area contributed by atoms with Crippen LogP contribution in [0.2, 0.25) is 0 Å². The van der Waals surface area contributed by atoms with E-state index in [0.717, 1.165) is 36.9 Å². The Morgan fingerprint density at radius 1 is 1.19 bits per heavy atom. The van der Waals surface area contributed by atoms with Gasteiger partial charge >= 0.3 is 6.36 Å². The molecule has 1 atom stereocenters. The van der Waals surface area contributed by atoms with Crippen LogP contribution in [0.25, 0.3) is 10.7 Å². The molecule has 0 saturated carbocycles. The molecule has 0 unspecified atom stereocenters. The average molecular weight is 489 g/mol. The van der Waals surface area contributed by atoms with E-state index in [1.165, 1.54) is 17.4 Å². The summed E-state index contributed by atoms with van der Waals surface area (Å²) in [5, 5.41) is 18.9. The summed E-state index contributed by atoms with van der Waals surface area (Å²) in [6.07, 6.45) is -2.53. The zero-order chi connectivity index (χ0) is 23.5. The molecule has 2 aromatic heterocycles. The van der Waals surface area contributed by atoms with E-state index in [9.17, 15) is 26.7 Å². The molecule has 0 aliphatic heterocycles. The summed E-state index contributed by atoms with van der Waals surface area (Å²) in [4.78, 5) is 3.63. The van der Waals surface area contributed by atoms with Gasteiger partial charge in [-0.3, -0.25) is 4.98 Å². The van der Waals surface area contributed by atoms with Gasteiger partial charge < -0.3 is 15.6 Å². The van der Waals surface area contributed by atoms with E-state index in [1.54, 1.807) is 0 Å². The van der Waals surface area contributed by atoms with Gasteiger partial charge in [0.15, 0.2) is 5.01 Å². The van der Waals surface area contributed by atoms with Crippen molar-refractivity contribution in [3.05, 3.63) is 41.5 Å². The van der Waals surface area contributed by atoms with Crippen LogP contribution in [0.3, 0.4) is 0 Å². The lowest BCUT2D eigenvalue weighted by molar-refractivity contribution is -0.274. The second kappa shape index (κ2) is 9.38. The van der Waals surface area contributed by atoms with Crippen LogP contribution in [-0.4, -0.2) is 41.2 Å². The van der Waals surface area contributed by atoms with Crippen molar-refractivity contribution in [1.29, 1.82) is 0 Å². The second-order valence-electron chi connectivity index (χ2n) is 6.78. The molecule has 0 bridgehead atoms. The maximum atomic E-state index is 12.8. The minimum Gasteiger partial charge on any atom is -0.406 e. The number of aromatic nitrogens is 3. The molecule has 172 valence electrons. The molecule has 0 aliphatic carbocycles. The third kappa shape index (κ3) is 5.72. The number of nitrogens with two attached hydrogens (primary N) is 1. The van der Waals surface area contributed by atoms with Gasteiger partial charge in [0.05, 0.1) is 21.6 Å². The van der Waals surface area contributed by atoms with Crippen molar-refractivity contribution in [1.82, 2.24) is 15.2 Å². The predicted molar refractivity (Wildman–Crippen MR) is 111 cm³/mol. The molecule has 8 nitrogen and oxygen atoms in total. The van der Waals surface area contributed by atoms with Crippen molar-refractivity contribution in [2.75, 3.05) is 5.73 Å². The minimum absolute atomic E-state index is 0.0416. The number of hydrogen-bond acceptors (Lipinski definition) is 9. The van der Waals surface area contributed by atoms with Gasteiger partial charge in [0.1, 0.15) is 16.5 Å². The van der Waals surface area contributed by atoms with Crippen LogP contribution in [0.5, 0.6) is 5.75 Å². The SMILES string of the molecule is CCC[C@@H](O)Cc1nnc(-c2ncc(S(=O)(=O)c3ccc(OC(F)(F)F)cc3)cc2N)s1. The number of anilines is 1. The maximum absolute atomic E-state index is 12.8. The Morgan fingerprint density at radius 2 is 1.88 bits per heavy atom. The number of pyridine rings is 1. The number of aliphatic hydroxyl groups excluding tert-OH is 1. The molecule has 3 N–H and O–H groups in total. The van der Waals surface area contributed by atoms with Gasteiger partial charge in [-0.25, -0.2) is 8.42 Å². The minimum atomic E-state index is -4.88. The molecule has 2 heterocycles. The highest BCUT2D eigenvalue weighted by molar-refractivity contribution is 7.91. The number of nitrogen functional groups attached to an aromatic ring is 1. The number of rotatable bonds is 8. The first-order valence-electron chi connectivity index (χ1n) is 9.37. The molecule has 13 heteroatoms. The summed E-state index contributed by atoms with van der Waals surface area (Å²) >= 11 is 1.19. The van der Waals surface area contributed by atoms with Crippen molar-refractivity contribution >= 4 is 26.9 Å². The van der Waals surface area contributed by atoms with Gasteiger partial charge in [-0.1, -0.05) is 24.7 Å². The number of alkyl halides is 3. The Balaban J connectivity index is 1.82. The number of sulfone groups is 1. The maximum Gasteiger partial charge on any atom is 0.573 e. The monoisotopic (exact) mass is 488 g/mol. The number of hydrogen-bond donors (Lipinski definition) is 2. The van der Waals surface area contributed by atoms with E-state index in [4.69, 9.17) is 5.73 Å². The zero-order valence-corrected chi connectivity index (χ0v) is 18.3. The summed E-state index contributed by atoms with van der Waals surface area (Å²) in [6.45, 7) is 1.96. The van der Waals surface area contributed by atoms with Crippen LogP contribution in [0, 0.1) is 0 Å². The zero-order valence-electron chi connectivity index (χ0n) is 16.7. The fourth-order valence-corrected chi connectivity index (χ4v) is 4.98. The van der Waals surface area contributed by atoms with Gasteiger partial charge in [-0.2, -0.15) is 0 Å². The van der Waals surface area contributed by atoms with Crippen molar-refractivity contribution < 1.29 is 31.4 Å². The summed E-state index contributed by atoms with van der Waals surface area (Å²) < 4.78 is 66.2. The van der Waals surface area contributed by atoms with Crippen LogP contribution < -0.4 is 10.5 Å². The highest BCUT2D eigenvalue weighted by atomic mass is 32.2. The van der Waals surface area contributed by atoms with Gasteiger partial charge in [0.25, 0.3) is 0 Å². The van der Waals surface area contributed by atoms with Gasteiger partial charge in [0, 0.05) is 12.6 Å². The number of aliphatic hydroxyl groups is 1. The fourth-order valence-electron chi connectivity index (χ4n) is 2.81. The molecular weight excluding hydrogens is 469 g/mol. The van der Waals surface area contributed by atoms with E-state index in [0.29, 0.717) is 22.9 Å². The molecule has 0 amide bonds. The quantitative estimate of drug-likeness (QED) is 0.492. The first kappa shape index (κ1) is 23.9. The fraction of sp³-hybridized carbons (Fsp3) is 0.316. The van der Waals surface area contributed by atoms with E-state index in [-0.39, 0.29) is 21.2 Å². The second-order valence-corrected chi connectivity index (χ2v) is 9.79. The van der Waals surface area contributed by atoms with Crippen molar-refractivity contribution in [3.63, 3.8) is 0 Å². The van der Waals surface area contributed by atoms with Gasteiger partial charge in [-0.15, -0.1) is 23.4 Å². The molecule has 3 aromatic rings. The van der Waals surface area contributed by atoms with E-state index in [2.05, 4.69) is 19.9 Å². The smallest absolute Gasteiger partial charge is 0.406 e. The Hall–Kier alpha value is -2.77. The third-order valence-electron chi connectivity index (χ3n) is 4.27. The average Bonchev–Trinajstić information content (AvgIpc) is 3.15. The molecule has 0 spiro atoms. The van der Waals surface area contributed by atoms with Crippen LogP contribution in [0.15, 0.2) is 46.3 Å². The topological polar surface area (TPSA) is 128 Å². The van der Waals surface area contributed by atoms with Crippen LogP contribution >= 0.6 is 11.3 Å². The number of benzene rings is 1. The Bertz CT molecular complexity index is 1180. The molecule has 0 aliphatic rings. The predicted octanol–water partition coefficient (Wildman–Crippen LogP) is 3.62. The Labute approximate surface area is 185 Å². The molecule has 0 radical (unpaired) electrons. The van der Waals surface area contributed by atoms with Gasteiger partial charge in [-0.05, 0) is 36.8 Å². The van der Waals surface area contributed by atoms with Crippen LogP contribution in [0.1, 0.15) is 24.8 Å². The highest BCUT2D eigenvalue weighted by Gasteiger charge is 2.31. The molecule has 0 fully saturated rings. The molecule has 0 saturated heterocycles. The van der Waals surface area contributed by atoms with Crippen molar-refractivity contribution in [2.24, 2.45) is 0 Å². The Morgan fingerprint density at radius 3 is 2.47 bits per heavy atom. The first-order valence-corrected chi connectivity index (χ1v) is 11.7. The lowest BCUT2D eigenvalue weighted by Crippen LogP contribution is -2.17.